The predicted octanol–water partition coefficient (Wildman–Crippen LogP) is 3.16. The minimum Gasteiger partial charge on any atom is -0.423 e. The molecule has 0 spiro atoms. The van der Waals surface area contributed by atoms with Crippen LogP contribution in [0, 0.1) is 17.1 Å². The van der Waals surface area contributed by atoms with Gasteiger partial charge in [-0.05, 0) is 24.3 Å². The molecular weight excluding hydrogens is 259 g/mol. The fourth-order valence-electron chi connectivity index (χ4n) is 1.88. The van der Waals surface area contributed by atoms with Gasteiger partial charge < -0.3 is 15.5 Å². The Kier molecular flexibility index (Phi) is 2.73. The van der Waals surface area contributed by atoms with Gasteiger partial charge in [0.2, 0.25) is 0 Å². The summed E-state index contributed by atoms with van der Waals surface area (Å²) in [6.07, 6.45) is 0. The van der Waals surface area contributed by atoms with Crippen LogP contribution in [-0.2, 0) is 0 Å². The maximum atomic E-state index is 13.5. The van der Waals surface area contributed by atoms with Crippen LogP contribution in [0.25, 0.3) is 11.1 Å². The minimum atomic E-state index is -0.604. The van der Waals surface area contributed by atoms with E-state index in [0.29, 0.717) is 16.8 Å². The van der Waals surface area contributed by atoms with Crippen molar-refractivity contribution < 1.29 is 8.81 Å². The first kappa shape index (κ1) is 12.0. The van der Waals surface area contributed by atoms with Crippen molar-refractivity contribution in [3.63, 3.8) is 0 Å². The van der Waals surface area contributed by atoms with Gasteiger partial charge in [0, 0.05) is 0 Å². The number of oxazole rings is 1. The lowest BCUT2D eigenvalue weighted by molar-refractivity contribution is 0.618. The van der Waals surface area contributed by atoms with Gasteiger partial charge in [-0.25, -0.2) is 4.39 Å². The van der Waals surface area contributed by atoms with Crippen molar-refractivity contribution in [1.29, 1.82) is 5.26 Å². The van der Waals surface area contributed by atoms with Crippen molar-refractivity contribution in [2.45, 2.75) is 0 Å². The van der Waals surface area contributed by atoms with E-state index in [1.165, 1.54) is 12.1 Å². The first-order valence-electron chi connectivity index (χ1n) is 5.79. The van der Waals surface area contributed by atoms with E-state index in [0.717, 1.165) is 0 Å². The number of rotatable bonds is 2. The molecular formula is C14H9FN4O. The first-order chi connectivity index (χ1) is 9.69. The van der Waals surface area contributed by atoms with E-state index in [1.54, 1.807) is 30.3 Å². The number of halogens is 1. The molecule has 0 saturated heterocycles. The van der Waals surface area contributed by atoms with Crippen molar-refractivity contribution >= 4 is 28.5 Å². The topological polar surface area (TPSA) is 87.9 Å². The molecule has 98 valence electrons. The van der Waals surface area contributed by atoms with Gasteiger partial charge in [-0.1, -0.05) is 12.1 Å². The van der Waals surface area contributed by atoms with Gasteiger partial charge in [-0.3, -0.25) is 0 Å². The van der Waals surface area contributed by atoms with Gasteiger partial charge >= 0.3 is 0 Å². The number of para-hydroxylation sites is 1. The Balaban J connectivity index is 2.04. The van der Waals surface area contributed by atoms with Crippen LogP contribution < -0.4 is 11.1 Å². The van der Waals surface area contributed by atoms with Gasteiger partial charge in [0.25, 0.3) is 6.01 Å². The van der Waals surface area contributed by atoms with Gasteiger partial charge in [-0.2, -0.15) is 10.2 Å². The second-order valence-electron chi connectivity index (χ2n) is 4.11. The largest absolute Gasteiger partial charge is 0.423 e. The van der Waals surface area contributed by atoms with E-state index in [1.807, 2.05) is 0 Å². The third-order valence-electron chi connectivity index (χ3n) is 2.82. The van der Waals surface area contributed by atoms with E-state index in [2.05, 4.69) is 10.3 Å². The van der Waals surface area contributed by atoms with Crippen molar-refractivity contribution in [1.82, 2.24) is 4.98 Å². The fraction of sp³-hybridized carbons (Fsp3) is 0. The van der Waals surface area contributed by atoms with Gasteiger partial charge in [-0.15, -0.1) is 0 Å². The Morgan fingerprint density at radius 2 is 2.05 bits per heavy atom. The summed E-state index contributed by atoms with van der Waals surface area (Å²) in [4.78, 5) is 4.18. The molecule has 0 aliphatic heterocycles. The Bertz CT molecular complexity index is 835. The van der Waals surface area contributed by atoms with Crippen LogP contribution in [0.4, 0.5) is 21.8 Å². The van der Waals surface area contributed by atoms with Gasteiger partial charge in [0.15, 0.2) is 5.58 Å². The van der Waals surface area contributed by atoms with E-state index >= 15 is 0 Å². The van der Waals surface area contributed by atoms with Crippen LogP contribution in [-0.4, -0.2) is 4.98 Å². The lowest BCUT2D eigenvalue weighted by Gasteiger charge is -2.03. The number of fused-ring (bicyclic) bond motifs is 1. The van der Waals surface area contributed by atoms with Crippen molar-refractivity contribution in [3.8, 4) is 6.07 Å². The van der Waals surface area contributed by atoms with Crippen LogP contribution in [0.3, 0.4) is 0 Å². The van der Waals surface area contributed by atoms with E-state index in [4.69, 9.17) is 15.4 Å². The molecule has 1 aromatic heterocycles. The van der Waals surface area contributed by atoms with E-state index in [9.17, 15) is 4.39 Å². The van der Waals surface area contributed by atoms with Crippen LogP contribution in [0.2, 0.25) is 0 Å². The molecule has 0 bridgehead atoms. The number of hydrogen-bond acceptors (Lipinski definition) is 5. The van der Waals surface area contributed by atoms with E-state index in [-0.39, 0.29) is 17.3 Å². The molecule has 2 aromatic carbocycles. The number of nitrogens with one attached hydrogen (secondary N) is 1. The lowest BCUT2D eigenvalue weighted by atomic mass is 10.2. The zero-order chi connectivity index (χ0) is 14.1. The summed E-state index contributed by atoms with van der Waals surface area (Å²) < 4.78 is 18.9. The number of benzene rings is 2. The van der Waals surface area contributed by atoms with E-state index < -0.39 is 5.82 Å². The standard InChI is InChI=1S/C14H9FN4O/c15-9-3-1-5-11(8(9)7-16)18-14-19-13-10(17)4-2-6-12(13)20-14/h1-6H,17H2,(H,18,19). The Hall–Kier alpha value is -3.07. The van der Waals surface area contributed by atoms with Crippen molar-refractivity contribution in [3.05, 3.63) is 47.8 Å². The number of nitrogen functional groups attached to an aromatic ring is 1. The lowest BCUT2D eigenvalue weighted by Crippen LogP contribution is -1.96. The highest BCUT2D eigenvalue weighted by Gasteiger charge is 2.12. The SMILES string of the molecule is N#Cc1c(F)cccc1Nc1nc2c(N)cccc2o1. The number of aromatic nitrogens is 1. The highest BCUT2D eigenvalue weighted by Crippen LogP contribution is 2.27. The number of nitriles is 1. The third kappa shape index (κ3) is 1.91. The average molecular weight is 268 g/mol. The minimum absolute atomic E-state index is 0.0947. The van der Waals surface area contributed by atoms with Crippen molar-refractivity contribution in [2.24, 2.45) is 0 Å². The molecule has 5 nitrogen and oxygen atoms in total. The maximum Gasteiger partial charge on any atom is 0.300 e. The summed E-state index contributed by atoms with van der Waals surface area (Å²) in [7, 11) is 0. The van der Waals surface area contributed by atoms with Crippen LogP contribution in [0.15, 0.2) is 40.8 Å². The second kappa shape index (κ2) is 4.55. The fourth-order valence-corrected chi connectivity index (χ4v) is 1.88. The summed E-state index contributed by atoms with van der Waals surface area (Å²) in [6, 6.07) is 11.4. The molecule has 1 heterocycles. The molecule has 0 unspecified atom stereocenters. The summed E-state index contributed by atoms with van der Waals surface area (Å²) in [5.74, 6) is -0.604. The van der Waals surface area contributed by atoms with Gasteiger partial charge in [0.05, 0.1) is 11.4 Å². The monoisotopic (exact) mass is 268 g/mol. The number of nitrogens with two attached hydrogens (primary N) is 1. The summed E-state index contributed by atoms with van der Waals surface area (Å²) in [5.41, 5.74) is 7.50. The highest BCUT2D eigenvalue weighted by atomic mass is 19.1. The molecule has 0 amide bonds. The molecule has 3 aromatic rings. The Labute approximate surface area is 113 Å². The molecule has 20 heavy (non-hydrogen) atoms. The molecule has 0 aliphatic carbocycles. The summed E-state index contributed by atoms with van der Waals surface area (Å²) >= 11 is 0. The Morgan fingerprint density at radius 1 is 1.25 bits per heavy atom. The van der Waals surface area contributed by atoms with Crippen LogP contribution in [0.5, 0.6) is 0 Å². The zero-order valence-corrected chi connectivity index (χ0v) is 10.2. The summed E-state index contributed by atoms with van der Waals surface area (Å²) in [5, 5.41) is 11.7. The van der Waals surface area contributed by atoms with Crippen LogP contribution >= 0.6 is 0 Å². The molecule has 3 N–H and O–H groups in total. The summed E-state index contributed by atoms with van der Waals surface area (Å²) in [6.45, 7) is 0. The molecule has 6 heteroatoms. The molecule has 0 fully saturated rings. The quantitative estimate of drug-likeness (QED) is 0.697. The first-order valence-corrected chi connectivity index (χ1v) is 5.79. The second-order valence-corrected chi connectivity index (χ2v) is 4.11. The number of anilines is 3. The molecule has 3 rings (SSSR count). The average Bonchev–Trinajstić information content (AvgIpc) is 2.83. The van der Waals surface area contributed by atoms with Crippen molar-refractivity contribution in [2.75, 3.05) is 11.1 Å². The Morgan fingerprint density at radius 3 is 2.80 bits per heavy atom. The number of hydrogen-bond donors (Lipinski definition) is 2. The predicted molar refractivity (Wildman–Crippen MR) is 72.8 cm³/mol. The molecule has 0 radical (unpaired) electrons. The maximum absolute atomic E-state index is 13.5. The normalized spacial score (nSPS) is 10.4. The van der Waals surface area contributed by atoms with Crippen LogP contribution in [0.1, 0.15) is 5.56 Å². The smallest absolute Gasteiger partial charge is 0.300 e. The molecule has 0 aliphatic rings. The van der Waals surface area contributed by atoms with Gasteiger partial charge in [0.1, 0.15) is 23.0 Å². The molecule has 0 saturated carbocycles. The third-order valence-corrected chi connectivity index (χ3v) is 2.82. The molecule has 0 atom stereocenters. The number of nitrogens with zero attached hydrogens (tertiary/aromatic N) is 2. The highest BCUT2D eigenvalue weighted by molar-refractivity contribution is 5.86. The zero-order valence-electron chi connectivity index (χ0n) is 10.2.